The van der Waals surface area contributed by atoms with Gasteiger partial charge in [0.25, 0.3) is 0 Å². The first kappa shape index (κ1) is 23.5. The van der Waals surface area contributed by atoms with E-state index in [4.69, 9.17) is 4.74 Å². The molecule has 9 heteroatoms. The molecule has 36 heavy (non-hydrogen) atoms. The van der Waals surface area contributed by atoms with Crippen LogP contribution in [0.5, 0.6) is 0 Å². The minimum atomic E-state index is -0.620. The molecule has 2 amide bonds. The number of hydrogen-bond donors (Lipinski definition) is 2. The fraction of sp³-hybridized carbons (Fsp3) is 0.148. The first-order valence-electron chi connectivity index (χ1n) is 11.4. The van der Waals surface area contributed by atoms with Crippen LogP contribution in [0.4, 0.5) is 5.69 Å². The van der Waals surface area contributed by atoms with Gasteiger partial charge in [0.05, 0.1) is 12.2 Å². The topological polar surface area (TPSA) is 109 Å². The number of amidine groups is 1. The van der Waals surface area contributed by atoms with Crippen molar-refractivity contribution in [1.82, 2.24) is 5.32 Å². The van der Waals surface area contributed by atoms with Gasteiger partial charge in [-0.2, -0.15) is 0 Å². The molecule has 1 heterocycles. The lowest BCUT2D eigenvalue weighted by atomic mass is 10.1. The van der Waals surface area contributed by atoms with Crippen LogP contribution in [-0.2, 0) is 14.3 Å². The van der Waals surface area contributed by atoms with Crippen LogP contribution in [0.15, 0.2) is 83.0 Å². The zero-order chi connectivity index (χ0) is 25.1. The van der Waals surface area contributed by atoms with Gasteiger partial charge >= 0.3 is 5.97 Å². The van der Waals surface area contributed by atoms with Crippen LogP contribution in [-0.4, -0.2) is 40.5 Å². The molecule has 0 radical (unpaired) electrons. The van der Waals surface area contributed by atoms with E-state index in [1.165, 1.54) is 11.8 Å². The number of carbonyl (C=O) groups excluding carboxylic acids is 3. The summed E-state index contributed by atoms with van der Waals surface area (Å²) in [7, 11) is 0. The Kier molecular flexibility index (Phi) is 6.64. The van der Waals surface area contributed by atoms with Gasteiger partial charge in [0.15, 0.2) is 5.17 Å². The molecule has 1 atom stereocenters. The standard InChI is InChI=1S/C27H22N4O4S/c1-2-35-26(34)16-11-13-17(14-12-16)28-23(32)15-22-25(33)29-27(36-22)31-30-24-20-9-5-3-7-18(20)19-8-4-6-10-21(19)24/h3-14,22H,2,15H2,1H3,(H,28,32)(H,29,31,33)/t22-/m1/s1. The molecule has 1 saturated heterocycles. The van der Waals surface area contributed by atoms with Gasteiger partial charge in [0.2, 0.25) is 11.8 Å². The van der Waals surface area contributed by atoms with Gasteiger partial charge in [-0.3, -0.25) is 9.59 Å². The number of nitrogens with zero attached hydrogens (tertiary/aromatic N) is 2. The predicted octanol–water partition coefficient (Wildman–Crippen LogP) is 4.21. The van der Waals surface area contributed by atoms with Crippen LogP contribution < -0.4 is 10.6 Å². The van der Waals surface area contributed by atoms with Crippen molar-refractivity contribution in [2.45, 2.75) is 18.6 Å². The van der Waals surface area contributed by atoms with Gasteiger partial charge in [0.1, 0.15) is 11.0 Å². The van der Waals surface area contributed by atoms with E-state index < -0.39 is 11.2 Å². The van der Waals surface area contributed by atoms with Crippen LogP contribution in [0.1, 0.15) is 34.8 Å². The zero-order valence-electron chi connectivity index (χ0n) is 19.4. The van der Waals surface area contributed by atoms with Crippen molar-refractivity contribution in [1.29, 1.82) is 0 Å². The summed E-state index contributed by atoms with van der Waals surface area (Å²) in [5, 5.41) is 14.0. The molecule has 5 rings (SSSR count). The van der Waals surface area contributed by atoms with Crippen LogP contribution in [0.2, 0.25) is 0 Å². The summed E-state index contributed by atoms with van der Waals surface area (Å²) in [6, 6.07) is 22.4. The van der Waals surface area contributed by atoms with Crippen molar-refractivity contribution in [3.8, 4) is 11.1 Å². The third-order valence-corrected chi connectivity index (χ3v) is 6.79. The minimum Gasteiger partial charge on any atom is -0.462 e. The number of ether oxygens (including phenoxy) is 1. The molecule has 0 aromatic heterocycles. The number of fused-ring (bicyclic) bond motifs is 3. The summed E-state index contributed by atoms with van der Waals surface area (Å²) < 4.78 is 4.95. The van der Waals surface area contributed by atoms with Gasteiger partial charge in [0, 0.05) is 23.2 Å². The first-order chi connectivity index (χ1) is 17.5. The highest BCUT2D eigenvalue weighted by Crippen LogP contribution is 2.36. The molecule has 0 saturated carbocycles. The van der Waals surface area contributed by atoms with E-state index in [0.717, 1.165) is 28.0 Å². The molecular weight excluding hydrogens is 476 g/mol. The van der Waals surface area contributed by atoms with Crippen molar-refractivity contribution >= 4 is 46.1 Å². The lowest BCUT2D eigenvalue weighted by Gasteiger charge is -2.08. The van der Waals surface area contributed by atoms with Crippen molar-refractivity contribution in [3.05, 3.63) is 89.5 Å². The summed E-state index contributed by atoms with van der Waals surface area (Å²) in [5.74, 6) is -1.04. The quantitative estimate of drug-likeness (QED) is 0.306. The molecule has 0 bridgehead atoms. The Labute approximate surface area is 211 Å². The number of benzene rings is 3. The van der Waals surface area contributed by atoms with Crippen LogP contribution in [0.3, 0.4) is 0 Å². The predicted molar refractivity (Wildman–Crippen MR) is 140 cm³/mol. The van der Waals surface area contributed by atoms with Gasteiger partial charge < -0.3 is 15.4 Å². The second-order valence-electron chi connectivity index (χ2n) is 8.09. The maximum Gasteiger partial charge on any atom is 0.338 e. The molecule has 2 N–H and O–H groups in total. The van der Waals surface area contributed by atoms with E-state index in [0.29, 0.717) is 16.4 Å². The maximum absolute atomic E-state index is 12.5. The molecule has 0 unspecified atom stereocenters. The van der Waals surface area contributed by atoms with Crippen LogP contribution in [0.25, 0.3) is 11.1 Å². The van der Waals surface area contributed by atoms with Crippen molar-refractivity contribution in [3.63, 3.8) is 0 Å². The number of anilines is 1. The summed E-state index contributed by atoms with van der Waals surface area (Å²) >= 11 is 1.18. The number of nitrogens with one attached hydrogen (secondary N) is 2. The molecule has 8 nitrogen and oxygen atoms in total. The SMILES string of the molecule is CCOC(=O)c1ccc(NC(=O)C[C@H]2S/C(=N\N=C3c4ccccc4-c4ccccc43)NC2=O)cc1. The molecule has 1 aliphatic heterocycles. The number of carbonyl (C=O) groups is 3. The fourth-order valence-electron chi connectivity index (χ4n) is 4.07. The Bertz CT molecular complexity index is 1370. The average molecular weight is 499 g/mol. The van der Waals surface area contributed by atoms with E-state index in [1.807, 2.05) is 36.4 Å². The van der Waals surface area contributed by atoms with Gasteiger partial charge in [-0.1, -0.05) is 60.3 Å². The highest BCUT2D eigenvalue weighted by molar-refractivity contribution is 8.15. The molecule has 0 spiro atoms. The number of thioether (sulfide) groups is 1. The van der Waals surface area contributed by atoms with Gasteiger partial charge in [-0.25, -0.2) is 4.79 Å². The normalized spacial score (nSPS) is 16.8. The second-order valence-corrected chi connectivity index (χ2v) is 9.28. The largest absolute Gasteiger partial charge is 0.462 e. The van der Waals surface area contributed by atoms with E-state index in [2.05, 4.69) is 33.0 Å². The van der Waals surface area contributed by atoms with Crippen molar-refractivity contribution < 1.29 is 19.1 Å². The smallest absolute Gasteiger partial charge is 0.338 e. The Hall–Kier alpha value is -4.24. The van der Waals surface area contributed by atoms with E-state index in [1.54, 1.807) is 31.2 Å². The third kappa shape index (κ3) is 4.78. The Morgan fingerprint density at radius 1 is 0.917 bits per heavy atom. The molecule has 180 valence electrons. The van der Waals surface area contributed by atoms with Crippen LogP contribution in [0, 0.1) is 0 Å². The number of hydrogen-bond acceptors (Lipinski definition) is 7. The molecule has 2 aliphatic rings. The Morgan fingerprint density at radius 3 is 2.14 bits per heavy atom. The van der Waals surface area contributed by atoms with Gasteiger partial charge in [-0.15, -0.1) is 10.2 Å². The number of rotatable bonds is 6. The second kappa shape index (κ2) is 10.2. The number of esters is 1. The average Bonchev–Trinajstić information content (AvgIpc) is 3.40. The molecule has 3 aromatic rings. The maximum atomic E-state index is 12.5. The van der Waals surface area contributed by atoms with E-state index in [-0.39, 0.29) is 24.8 Å². The fourth-order valence-corrected chi connectivity index (χ4v) is 4.99. The number of amides is 2. The summed E-state index contributed by atoms with van der Waals surface area (Å²) in [4.78, 5) is 36.7. The Balaban J connectivity index is 1.24. The highest BCUT2D eigenvalue weighted by Gasteiger charge is 2.32. The molecule has 1 aliphatic carbocycles. The summed E-state index contributed by atoms with van der Waals surface area (Å²) in [6.45, 7) is 2.02. The molecule has 1 fully saturated rings. The third-order valence-electron chi connectivity index (χ3n) is 5.72. The minimum absolute atomic E-state index is 0.0304. The van der Waals surface area contributed by atoms with E-state index in [9.17, 15) is 14.4 Å². The lowest BCUT2D eigenvalue weighted by Crippen LogP contribution is -2.28. The lowest BCUT2D eigenvalue weighted by molar-refractivity contribution is -0.122. The van der Waals surface area contributed by atoms with Gasteiger partial charge in [-0.05, 0) is 42.3 Å². The monoisotopic (exact) mass is 498 g/mol. The Morgan fingerprint density at radius 2 is 1.53 bits per heavy atom. The first-order valence-corrected chi connectivity index (χ1v) is 12.3. The highest BCUT2D eigenvalue weighted by atomic mass is 32.2. The molecular formula is C27H22N4O4S. The zero-order valence-corrected chi connectivity index (χ0v) is 20.2. The molecule has 3 aromatic carbocycles. The van der Waals surface area contributed by atoms with Crippen molar-refractivity contribution in [2.24, 2.45) is 10.2 Å². The summed E-state index contributed by atoms with van der Waals surface area (Å²) in [6.07, 6.45) is -0.0304. The summed E-state index contributed by atoms with van der Waals surface area (Å²) in [5.41, 5.74) is 5.84. The van der Waals surface area contributed by atoms with E-state index >= 15 is 0 Å². The van der Waals surface area contributed by atoms with Crippen LogP contribution >= 0.6 is 11.8 Å². The van der Waals surface area contributed by atoms with Crippen molar-refractivity contribution in [2.75, 3.05) is 11.9 Å².